The fourth-order valence-corrected chi connectivity index (χ4v) is 6.05. The van der Waals surface area contributed by atoms with Crippen LogP contribution in [-0.2, 0) is 0 Å². The first kappa shape index (κ1) is 24.3. The van der Waals surface area contributed by atoms with Gasteiger partial charge in [-0.1, -0.05) is 0 Å². The van der Waals surface area contributed by atoms with Crippen LogP contribution in [0.5, 0.6) is 0 Å². The van der Waals surface area contributed by atoms with Crippen molar-refractivity contribution in [2.24, 2.45) is 0 Å². The minimum atomic E-state index is 0.781. The van der Waals surface area contributed by atoms with Crippen molar-refractivity contribution in [1.29, 1.82) is 0 Å². The lowest BCUT2D eigenvalue weighted by Crippen LogP contribution is -1.89. The van der Waals surface area contributed by atoms with Crippen LogP contribution in [0, 0.1) is 0 Å². The first-order valence-corrected chi connectivity index (χ1v) is 14.1. The van der Waals surface area contributed by atoms with E-state index in [1.54, 1.807) is 50.1 Å². The summed E-state index contributed by atoms with van der Waals surface area (Å²) in [7, 11) is 0. The number of hydrogen-bond donors (Lipinski definition) is 2. The van der Waals surface area contributed by atoms with E-state index in [2.05, 4.69) is 34.2 Å². The summed E-state index contributed by atoms with van der Waals surface area (Å²) in [6.45, 7) is 0. The molecule has 0 aliphatic carbocycles. The molecule has 0 spiro atoms. The molecule has 0 amide bonds. The summed E-state index contributed by atoms with van der Waals surface area (Å²) in [6.07, 6.45) is 21.7. The van der Waals surface area contributed by atoms with Crippen LogP contribution in [0.15, 0.2) is 116 Å². The zero-order chi connectivity index (χ0) is 29.0. The SMILES string of the molecule is C1=Cc2nc1c(-c1ccoc1)c1nc(c(-c3ccoc3)c3ccc([nH]3)c(-c3ccoc3)c3ccc([nH]3)c2-c2ccoc2)C=C1. The van der Waals surface area contributed by atoms with E-state index in [-0.39, 0.29) is 0 Å². The molecule has 0 saturated carbocycles. The first-order valence-electron chi connectivity index (χ1n) is 14.1. The maximum atomic E-state index is 5.53. The second-order valence-corrected chi connectivity index (χ2v) is 10.6. The van der Waals surface area contributed by atoms with Crippen molar-refractivity contribution >= 4 is 46.4 Å². The van der Waals surface area contributed by atoms with Crippen LogP contribution in [0.25, 0.3) is 90.9 Å². The highest BCUT2D eigenvalue weighted by molar-refractivity contribution is 5.99. The van der Waals surface area contributed by atoms with Crippen LogP contribution in [0.3, 0.4) is 0 Å². The molecule has 7 aromatic rings. The maximum Gasteiger partial charge on any atom is 0.0982 e. The quantitative estimate of drug-likeness (QED) is 0.216. The smallest absolute Gasteiger partial charge is 0.0982 e. The van der Waals surface area contributed by atoms with E-state index in [4.69, 9.17) is 27.6 Å². The summed E-state index contributed by atoms with van der Waals surface area (Å²) in [6, 6.07) is 16.1. The monoisotopic (exact) mass is 574 g/mol. The van der Waals surface area contributed by atoms with Gasteiger partial charge in [-0.05, 0) is 72.8 Å². The van der Waals surface area contributed by atoms with E-state index in [0.717, 1.165) is 89.4 Å². The average molecular weight is 575 g/mol. The fourth-order valence-electron chi connectivity index (χ4n) is 6.05. The summed E-state index contributed by atoms with van der Waals surface area (Å²) < 4.78 is 22.1. The molecule has 8 nitrogen and oxygen atoms in total. The van der Waals surface area contributed by atoms with Crippen molar-refractivity contribution < 1.29 is 17.7 Å². The van der Waals surface area contributed by atoms with Crippen LogP contribution in [0.4, 0.5) is 0 Å². The lowest BCUT2D eigenvalue weighted by Gasteiger charge is -2.03. The van der Waals surface area contributed by atoms with E-state index in [1.165, 1.54) is 0 Å². The number of nitrogens with one attached hydrogen (secondary N) is 2. The van der Waals surface area contributed by atoms with Crippen LogP contribution in [-0.4, -0.2) is 19.9 Å². The highest BCUT2D eigenvalue weighted by Gasteiger charge is 2.20. The molecule has 9 heterocycles. The first-order chi connectivity index (χ1) is 21.8. The van der Waals surface area contributed by atoms with Gasteiger partial charge in [0.2, 0.25) is 0 Å². The number of furan rings is 4. The van der Waals surface area contributed by atoms with Gasteiger partial charge in [0.1, 0.15) is 0 Å². The molecule has 8 heteroatoms. The van der Waals surface area contributed by atoms with Gasteiger partial charge in [0.25, 0.3) is 0 Å². The molecule has 0 atom stereocenters. The van der Waals surface area contributed by atoms with E-state index < -0.39 is 0 Å². The Morgan fingerprint density at radius 3 is 1.05 bits per heavy atom. The number of rotatable bonds is 4. The Labute approximate surface area is 249 Å². The maximum absolute atomic E-state index is 5.53. The fraction of sp³-hybridized carbons (Fsp3) is 0. The van der Waals surface area contributed by atoms with Gasteiger partial charge in [0.05, 0.1) is 72.9 Å². The summed E-state index contributed by atoms with van der Waals surface area (Å²) in [5.74, 6) is 0. The molecular formula is C36H22N4O4. The zero-order valence-corrected chi connectivity index (χ0v) is 23.1. The lowest BCUT2D eigenvalue weighted by molar-refractivity contribution is 0.568. The predicted molar refractivity (Wildman–Crippen MR) is 170 cm³/mol. The van der Waals surface area contributed by atoms with Crippen LogP contribution < -0.4 is 0 Å². The van der Waals surface area contributed by atoms with Gasteiger partial charge in [0.15, 0.2) is 0 Å². The summed E-state index contributed by atoms with van der Waals surface area (Å²) >= 11 is 0. The molecule has 0 unspecified atom stereocenters. The Hall–Kier alpha value is -6.28. The third-order valence-electron chi connectivity index (χ3n) is 7.99. The molecular weight excluding hydrogens is 552 g/mol. The van der Waals surface area contributed by atoms with Crippen LogP contribution in [0.1, 0.15) is 22.8 Å². The Kier molecular flexibility index (Phi) is 5.33. The highest BCUT2D eigenvalue weighted by atomic mass is 16.3. The highest BCUT2D eigenvalue weighted by Crippen LogP contribution is 2.38. The van der Waals surface area contributed by atoms with E-state index in [9.17, 15) is 0 Å². The van der Waals surface area contributed by atoms with Crippen LogP contribution in [0.2, 0.25) is 0 Å². The normalized spacial score (nSPS) is 12.4. The Morgan fingerprint density at radius 1 is 0.364 bits per heavy atom. The van der Waals surface area contributed by atoms with Crippen molar-refractivity contribution in [3.63, 3.8) is 0 Å². The second kappa shape index (κ2) is 9.64. The summed E-state index contributed by atoms with van der Waals surface area (Å²) in [5.41, 5.74) is 14.1. The molecule has 7 aromatic heterocycles. The largest absolute Gasteiger partial charge is 0.472 e. The molecule has 0 radical (unpaired) electrons. The molecule has 0 saturated heterocycles. The molecule has 2 aliphatic rings. The van der Waals surface area contributed by atoms with Gasteiger partial charge in [-0.25, -0.2) is 9.97 Å². The number of aromatic amines is 2. The van der Waals surface area contributed by atoms with Crippen LogP contribution >= 0.6 is 0 Å². The number of H-pyrrole nitrogens is 2. The van der Waals surface area contributed by atoms with Crippen molar-refractivity contribution in [3.05, 3.63) is 121 Å². The van der Waals surface area contributed by atoms with Gasteiger partial charge in [-0.2, -0.15) is 0 Å². The van der Waals surface area contributed by atoms with Gasteiger partial charge in [-0.15, -0.1) is 0 Å². The summed E-state index contributed by atoms with van der Waals surface area (Å²) in [5, 5.41) is 0. The standard InChI is InChI=1S/C36H22N4O4/c1-2-26-34(22-10-14-42-18-22)28-5-6-30(39-28)36(24-12-16-44-20-24)32-8-7-31(40-32)35(23-11-15-43-19-23)29-4-3-27(38-29)33(25(1)37-26)21-9-13-41-17-21/h1-20,37-38H. The molecule has 0 aromatic carbocycles. The van der Waals surface area contributed by atoms with Crippen molar-refractivity contribution in [3.8, 4) is 44.5 Å². The minimum Gasteiger partial charge on any atom is -0.472 e. The van der Waals surface area contributed by atoms with Crippen molar-refractivity contribution in [1.82, 2.24) is 19.9 Å². The second-order valence-electron chi connectivity index (χ2n) is 10.6. The third-order valence-corrected chi connectivity index (χ3v) is 7.99. The van der Waals surface area contributed by atoms with Gasteiger partial charge < -0.3 is 27.6 Å². The van der Waals surface area contributed by atoms with E-state index in [0.29, 0.717) is 0 Å². The topological polar surface area (TPSA) is 110 Å². The van der Waals surface area contributed by atoms with Gasteiger partial charge >= 0.3 is 0 Å². The zero-order valence-electron chi connectivity index (χ0n) is 23.1. The van der Waals surface area contributed by atoms with E-state index in [1.807, 2.05) is 48.6 Å². The van der Waals surface area contributed by atoms with Gasteiger partial charge in [0, 0.05) is 66.6 Å². The molecule has 9 rings (SSSR count). The van der Waals surface area contributed by atoms with Gasteiger partial charge in [-0.3, -0.25) is 0 Å². The van der Waals surface area contributed by atoms with Crippen molar-refractivity contribution in [2.75, 3.05) is 0 Å². The molecule has 2 N–H and O–H groups in total. The Bertz CT molecular complexity index is 2230. The number of fused-ring (bicyclic) bond motifs is 8. The molecule has 8 bridgehead atoms. The molecule has 0 fully saturated rings. The number of nitrogens with zero attached hydrogens (tertiary/aromatic N) is 2. The predicted octanol–water partition coefficient (Wildman–Crippen LogP) is 9.70. The Morgan fingerprint density at radius 2 is 0.682 bits per heavy atom. The third kappa shape index (κ3) is 3.85. The molecule has 210 valence electrons. The summed E-state index contributed by atoms with van der Waals surface area (Å²) in [4.78, 5) is 17.7. The lowest BCUT2D eigenvalue weighted by atomic mass is 10.1. The van der Waals surface area contributed by atoms with Crippen molar-refractivity contribution in [2.45, 2.75) is 0 Å². The molecule has 2 aliphatic heterocycles. The number of aromatic nitrogens is 4. The average Bonchev–Trinajstić information content (AvgIpc) is 3.90. The molecule has 44 heavy (non-hydrogen) atoms. The van der Waals surface area contributed by atoms with E-state index >= 15 is 0 Å². The number of hydrogen-bond acceptors (Lipinski definition) is 6. The minimum absolute atomic E-state index is 0.781. The Balaban J connectivity index is 1.49.